The van der Waals surface area contributed by atoms with E-state index in [1.54, 1.807) is 12.1 Å². The van der Waals surface area contributed by atoms with E-state index in [1.165, 1.54) is 18.2 Å². The summed E-state index contributed by atoms with van der Waals surface area (Å²) in [6.45, 7) is 0. The lowest BCUT2D eigenvalue weighted by atomic mass is 10.0. The van der Waals surface area contributed by atoms with Gasteiger partial charge in [0.1, 0.15) is 11.5 Å². The van der Waals surface area contributed by atoms with Crippen LogP contribution in [-0.4, -0.2) is 42.0 Å². The van der Waals surface area contributed by atoms with Crippen LogP contribution >= 0.6 is 0 Å². The number of carbonyl (C=O) groups is 1. The molecule has 0 amide bonds. The van der Waals surface area contributed by atoms with Crippen molar-refractivity contribution in [3.8, 4) is 0 Å². The highest BCUT2D eigenvalue weighted by atomic mass is 16.7. The van der Waals surface area contributed by atoms with Gasteiger partial charge in [-0.3, -0.25) is 4.98 Å². The van der Waals surface area contributed by atoms with Crippen LogP contribution in [0.15, 0.2) is 24.4 Å². The number of aromatic nitrogens is 1. The van der Waals surface area contributed by atoms with Crippen LogP contribution in [0.1, 0.15) is 5.69 Å². The van der Waals surface area contributed by atoms with Gasteiger partial charge in [-0.25, -0.2) is 9.59 Å². The smallest absolute Gasteiger partial charge is 0.372 e. The van der Waals surface area contributed by atoms with Gasteiger partial charge in [-0.2, -0.15) is 0 Å². The first kappa shape index (κ1) is 13.1. The molecule has 0 saturated heterocycles. The molecule has 0 bridgehead atoms. The number of ether oxygens (including phenoxy) is 2. The highest BCUT2D eigenvalue weighted by Crippen LogP contribution is 2.25. The van der Waals surface area contributed by atoms with Crippen LogP contribution in [0.4, 0.5) is 0 Å². The van der Waals surface area contributed by atoms with E-state index in [-0.39, 0.29) is 5.69 Å². The molecule has 90 valence electrons. The van der Waals surface area contributed by atoms with E-state index in [0.29, 0.717) is 0 Å². The molecule has 6 heteroatoms. The van der Waals surface area contributed by atoms with Gasteiger partial charge in [0, 0.05) is 13.3 Å². The monoisotopic (exact) mass is 237 g/mol. The third kappa shape index (κ3) is 2.39. The highest BCUT2D eigenvalue weighted by Gasteiger charge is 2.44. The number of methoxy groups -OCH3 is 2. The molecule has 0 saturated carbocycles. The second-order valence-corrected chi connectivity index (χ2v) is 3.03. The van der Waals surface area contributed by atoms with E-state index in [1.807, 2.05) is 0 Å². The van der Waals surface area contributed by atoms with Crippen LogP contribution < -0.4 is 0 Å². The molecule has 1 unspecified atom stereocenters. The van der Waals surface area contributed by atoms with Gasteiger partial charge in [0.25, 0.3) is 0 Å². The largest absolute Gasteiger partial charge is 0.465 e. The summed E-state index contributed by atoms with van der Waals surface area (Å²) in [7, 11) is 2.13. The van der Waals surface area contributed by atoms with Crippen LogP contribution in [0.2, 0.25) is 0 Å². The zero-order valence-corrected chi connectivity index (χ0v) is 9.34. The molecule has 1 N–H and O–H groups in total. The molecule has 0 aliphatic heterocycles. The molecule has 1 atom stereocenters. The lowest BCUT2D eigenvalue weighted by Crippen LogP contribution is -2.43. The standard InChI is InChI=1S/C11H11NO5/c1-16-10(14)11(15,17-2)8(7-13)9-5-3-4-6-12-9/h3-6,15H,1-2H3. The third-order valence-electron chi connectivity index (χ3n) is 2.12. The molecule has 0 fully saturated rings. The van der Waals surface area contributed by atoms with E-state index in [2.05, 4.69) is 14.5 Å². The van der Waals surface area contributed by atoms with E-state index >= 15 is 0 Å². The third-order valence-corrected chi connectivity index (χ3v) is 2.12. The normalized spacial score (nSPS) is 13.4. The quantitative estimate of drug-likeness (QED) is 0.443. The van der Waals surface area contributed by atoms with Crippen molar-refractivity contribution >= 4 is 17.5 Å². The zero-order valence-electron chi connectivity index (χ0n) is 9.34. The Morgan fingerprint density at radius 1 is 1.47 bits per heavy atom. The molecule has 17 heavy (non-hydrogen) atoms. The average Bonchev–Trinajstić information content (AvgIpc) is 2.39. The molecular formula is C11H11NO5. The van der Waals surface area contributed by atoms with Gasteiger partial charge in [-0.15, -0.1) is 0 Å². The summed E-state index contributed by atoms with van der Waals surface area (Å²) in [5.41, 5.74) is -0.357. The molecule has 0 spiro atoms. The summed E-state index contributed by atoms with van der Waals surface area (Å²) < 4.78 is 9.01. The first-order chi connectivity index (χ1) is 8.10. The summed E-state index contributed by atoms with van der Waals surface area (Å²) in [4.78, 5) is 26.1. The summed E-state index contributed by atoms with van der Waals surface area (Å²) in [6.07, 6.45) is 1.40. The lowest BCUT2D eigenvalue weighted by molar-refractivity contribution is -0.195. The van der Waals surface area contributed by atoms with Crippen molar-refractivity contribution in [1.82, 2.24) is 4.98 Å². The SMILES string of the molecule is COC(=O)C(O)(OC)C(=C=O)c1ccccn1. The van der Waals surface area contributed by atoms with E-state index < -0.39 is 17.3 Å². The van der Waals surface area contributed by atoms with Crippen molar-refractivity contribution in [3.63, 3.8) is 0 Å². The summed E-state index contributed by atoms with van der Waals surface area (Å²) in [5, 5.41) is 9.97. The fraction of sp³-hybridized carbons (Fsp3) is 0.273. The number of carbonyl (C=O) groups excluding carboxylic acids is 2. The van der Waals surface area contributed by atoms with Gasteiger partial charge in [0.15, 0.2) is 0 Å². The fourth-order valence-corrected chi connectivity index (χ4v) is 1.23. The van der Waals surface area contributed by atoms with Gasteiger partial charge in [0.2, 0.25) is 0 Å². The molecule has 0 radical (unpaired) electrons. The van der Waals surface area contributed by atoms with Crippen LogP contribution in [0, 0.1) is 0 Å². The number of hydrogen-bond donors (Lipinski definition) is 1. The van der Waals surface area contributed by atoms with Gasteiger partial charge < -0.3 is 14.6 Å². The van der Waals surface area contributed by atoms with Gasteiger partial charge in [-0.1, -0.05) is 6.07 Å². The van der Waals surface area contributed by atoms with Crippen LogP contribution in [0.3, 0.4) is 0 Å². The Hall–Kier alpha value is -2.01. The van der Waals surface area contributed by atoms with Crippen molar-refractivity contribution in [2.24, 2.45) is 0 Å². The molecule has 6 nitrogen and oxygen atoms in total. The lowest BCUT2D eigenvalue weighted by Gasteiger charge is -2.23. The van der Waals surface area contributed by atoms with Gasteiger partial charge in [-0.05, 0) is 12.1 Å². The van der Waals surface area contributed by atoms with Crippen LogP contribution in [-0.2, 0) is 19.1 Å². The minimum absolute atomic E-state index is 0.0808. The molecule has 0 aliphatic carbocycles. The minimum atomic E-state index is -2.51. The zero-order chi connectivity index (χ0) is 12.9. The molecule has 0 aliphatic rings. The highest BCUT2D eigenvalue weighted by molar-refractivity contribution is 6.02. The topological polar surface area (TPSA) is 85.7 Å². The molecular weight excluding hydrogens is 226 g/mol. The van der Waals surface area contributed by atoms with Crippen molar-refractivity contribution in [2.75, 3.05) is 14.2 Å². The van der Waals surface area contributed by atoms with E-state index in [4.69, 9.17) is 0 Å². The Bertz CT molecular complexity index is 452. The van der Waals surface area contributed by atoms with Crippen molar-refractivity contribution in [1.29, 1.82) is 0 Å². The summed E-state index contributed by atoms with van der Waals surface area (Å²) in [5.74, 6) is -2.18. The van der Waals surface area contributed by atoms with Crippen molar-refractivity contribution < 1.29 is 24.2 Å². The Balaban J connectivity index is 3.28. The molecule has 1 heterocycles. The summed E-state index contributed by atoms with van der Waals surface area (Å²) in [6, 6.07) is 4.65. The number of esters is 1. The van der Waals surface area contributed by atoms with Crippen LogP contribution in [0.5, 0.6) is 0 Å². The van der Waals surface area contributed by atoms with Gasteiger partial charge in [0.05, 0.1) is 12.8 Å². The van der Waals surface area contributed by atoms with E-state index in [0.717, 1.165) is 14.2 Å². The number of pyridine rings is 1. The predicted molar refractivity (Wildman–Crippen MR) is 57.3 cm³/mol. The number of hydrogen-bond acceptors (Lipinski definition) is 6. The molecule has 1 aromatic heterocycles. The second-order valence-electron chi connectivity index (χ2n) is 3.03. The Morgan fingerprint density at radius 3 is 2.59 bits per heavy atom. The van der Waals surface area contributed by atoms with Crippen LogP contribution in [0.25, 0.3) is 5.57 Å². The number of rotatable bonds is 4. The number of aliphatic hydroxyl groups is 1. The number of nitrogens with zero attached hydrogens (tertiary/aromatic N) is 1. The average molecular weight is 237 g/mol. The Morgan fingerprint density at radius 2 is 2.18 bits per heavy atom. The Kier molecular flexibility index (Phi) is 4.12. The van der Waals surface area contributed by atoms with Gasteiger partial charge >= 0.3 is 11.8 Å². The fourth-order valence-electron chi connectivity index (χ4n) is 1.23. The molecule has 1 aromatic rings. The molecule has 0 aromatic carbocycles. The van der Waals surface area contributed by atoms with Crippen molar-refractivity contribution in [3.05, 3.63) is 30.1 Å². The minimum Gasteiger partial charge on any atom is -0.465 e. The maximum Gasteiger partial charge on any atom is 0.372 e. The summed E-state index contributed by atoms with van der Waals surface area (Å²) >= 11 is 0. The van der Waals surface area contributed by atoms with E-state index in [9.17, 15) is 14.7 Å². The maximum absolute atomic E-state index is 11.4. The predicted octanol–water partition coefficient (Wildman–Crippen LogP) is -0.195. The molecule has 1 rings (SSSR count). The Labute approximate surface area is 97.5 Å². The first-order valence-corrected chi connectivity index (χ1v) is 4.63. The van der Waals surface area contributed by atoms with Crippen molar-refractivity contribution in [2.45, 2.75) is 5.79 Å². The second kappa shape index (κ2) is 5.36. The maximum atomic E-state index is 11.4. The first-order valence-electron chi connectivity index (χ1n) is 4.63.